The summed E-state index contributed by atoms with van der Waals surface area (Å²) in [7, 11) is 1.68. The van der Waals surface area contributed by atoms with Crippen molar-refractivity contribution in [2.24, 2.45) is 0 Å². The number of nitrogens with zero attached hydrogens (tertiary/aromatic N) is 2. The Morgan fingerprint density at radius 2 is 2.26 bits per heavy atom. The maximum absolute atomic E-state index is 12.2. The predicted molar refractivity (Wildman–Crippen MR) is 75.2 cm³/mol. The molecule has 0 unspecified atom stereocenters. The molecule has 1 aromatic heterocycles. The van der Waals surface area contributed by atoms with E-state index in [-0.39, 0.29) is 11.7 Å². The molecule has 6 heteroatoms. The number of aromatic nitrogens is 1. The van der Waals surface area contributed by atoms with Crippen LogP contribution in [0.4, 0.5) is 5.69 Å². The first-order valence-electron chi connectivity index (χ1n) is 5.72. The lowest BCUT2D eigenvalue weighted by Gasteiger charge is -2.17. The van der Waals surface area contributed by atoms with Crippen molar-refractivity contribution < 1.29 is 9.90 Å². The number of anilines is 1. The molecule has 0 saturated heterocycles. The molecule has 19 heavy (non-hydrogen) atoms. The highest BCUT2D eigenvalue weighted by Crippen LogP contribution is 2.20. The standard InChI is InChI=1S/C13H15N3O2S/c1-8-15-9(7-19-8)6-16(2)13(18)11-5-10(17)3-4-12(11)14/h3-5,7,17H,6,14H2,1-2H3. The monoisotopic (exact) mass is 277 g/mol. The first-order chi connectivity index (χ1) is 8.97. The Labute approximate surface area is 115 Å². The summed E-state index contributed by atoms with van der Waals surface area (Å²) in [5.41, 5.74) is 7.25. The van der Waals surface area contributed by atoms with Gasteiger partial charge >= 0.3 is 0 Å². The van der Waals surface area contributed by atoms with Crippen LogP contribution in [0, 0.1) is 6.92 Å². The number of nitrogen functional groups attached to an aromatic ring is 1. The highest BCUT2D eigenvalue weighted by atomic mass is 32.1. The van der Waals surface area contributed by atoms with Crippen LogP contribution in [0.3, 0.4) is 0 Å². The van der Waals surface area contributed by atoms with Crippen molar-refractivity contribution in [3.05, 3.63) is 39.8 Å². The van der Waals surface area contributed by atoms with E-state index in [1.54, 1.807) is 18.4 Å². The van der Waals surface area contributed by atoms with Crippen LogP contribution >= 0.6 is 11.3 Å². The SMILES string of the molecule is Cc1nc(CN(C)C(=O)c2cc(O)ccc2N)cs1. The van der Waals surface area contributed by atoms with Gasteiger partial charge in [0.1, 0.15) is 5.75 Å². The zero-order valence-electron chi connectivity index (χ0n) is 10.8. The molecule has 2 aromatic rings. The molecule has 0 aliphatic carbocycles. The molecule has 100 valence electrons. The quantitative estimate of drug-likeness (QED) is 0.664. The highest BCUT2D eigenvalue weighted by molar-refractivity contribution is 7.09. The van der Waals surface area contributed by atoms with Gasteiger partial charge in [0.05, 0.1) is 22.8 Å². The molecule has 0 saturated carbocycles. The minimum Gasteiger partial charge on any atom is -0.508 e. The number of aromatic hydroxyl groups is 1. The van der Waals surface area contributed by atoms with Crippen LogP contribution in [0.1, 0.15) is 21.1 Å². The fourth-order valence-electron chi connectivity index (χ4n) is 1.73. The van der Waals surface area contributed by atoms with Gasteiger partial charge in [0.2, 0.25) is 0 Å². The second-order valence-electron chi connectivity index (χ2n) is 4.29. The number of carbonyl (C=O) groups excluding carboxylic acids is 1. The van der Waals surface area contributed by atoms with Crippen molar-refractivity contribution in [2.45, 2.75) is 13.5 Å². The van der Waals surface area contributed by atoms with Gasteiger partial charge in [-0.15, -0.1) is 11.3 Å². The minimum absolute atomic E-state index is 0.0236. The lowest BCUT2D eigenvalue weighted by Crippen LogP contribution is -2.27. The first kappa shape index (κ1) is 13.4. The number of amides is 1. The van der Waals surface area contributed by atoms with E-state index in [9.17, 15) is 9.90 Å². The van der Waals surface area contributed by atoms with Gasteiger partial charge in [0, 0.05) is 18.1 Å². The largest absolute Gasteiger partial charge is 0.508 e. The molecule has 0 fully saturated rings. The molecule has 1 aromatic carbocycles. The van der Waals surface area contributed by atoms with E-state index < -0.39 is 0 Å². The highest BCUT2D eigenvalue weighted by Gasteiger charge is 2.16. The Bertz CT molecular complexity index is 610. The molecule has 0 aliphatic heterocycles. The van der Waals surface area contributed by atoms with E-state index in [0.29, 0.717) is 17.8 Å². The van der Waals surface area contributed by atoms with Crippen LogP contribution < -0.4 is 5.73 Å². The van der Waals surface area contributed by atoms with E-state index in [4.69, 9.17) is 5.73 Å². The number of phenols is 1. The molecule has 0 atom stereocenters. The third-order valence-electron chi connectivity index (χ3n) is 2.68. The third kappa shape index (κ3) is 3.03. The number of benzene rings is 1. The van der Waals surface area contributed by atoms with Gasteiger partial charge in [-0.3, -0.25) is 4.79 Å². The van der Waals surface area contributed by atoms with Gasteiger partial charge in [-0.05, 0) is 25.1 Å². The van der Waals surface area contributed by atoms with Crippen LogP contribution in [0.25, 0.3) is 0 Å². The summed E-state index contributed by atoms with van der Waals surface area (Å²) in [5.74, 6) is -0.213. The average molecular weight is 277 g/mol. The molecular formula is C13H15N3O2S. The molecule has 0 radical (unpaired) electrons. The van der Waals surface area contributed by atoms with Crippen LogP contribution in [-0.2, 0) is 6.54 Å². The number of aryl methyl sites for hydroxylation is 1. The number of hydrogen-bond donors (Lipinski definition) is 2. The van der Waals surface area contributed by atoms with E-state index in [0.717, 1.165) is 10.7 Å². The maximum Gasteiger partial charge on any atom is 0.256 e. The number of hydrogen-bond acceptors (Lipinski definition) is 5. The van der Waals surface area contributed by atoms with Crippen LogP contribution in [0.15, 0.2) is 23.6 Å². The fraction of sp³-hybridized carbons (Fsp3) is 0.231. The van der Waals surface area contributed by atoms with Crippen LogP contribution in [-0.4, -0.2) is 27.9 Å². The topological polar surface area (TPSA) is 79.5 Å². The summed E-state index contributed by atoms with van der Waals surface area (Å²) in [5, 5.41) is 12.3. The number of phenolic OH excluding ortho intramolecular Hbond substituents is 1. The van der Waals surface area contributed by atoms with Crippen molar-refractivity contribution >= 4 is 22.9 Å². The number of carbonyl (C=O) groups is 1. The number of nitrogens with two attached hydrogens (primary N) is 1. The predicted octanol–water partition coefficient (Wildman–Crippen LogP) is 2.01. The lowest BCUT2D eigenvalue weighted by atomic mass is 10.1. The molecule has 5 nitrogen and oxygen atoms in total. The van der Waals surface area contributed by atoms with Gasteiger partial charge in [-0.2, -0.15) is 0 Å². The van der Waals surface area contributed by atoms with E-state index in [1.165, 1.54) is 23.1 Å². The Morgan fingerprint density at radius 3 is 2.89 bits per heavy atom. The van der Waals surface area contributed by atoms with Gasteiger partial charge < -0.3 is 15.7 Å². The van der Waals surface area contributed by atoms with Gasteiger partial charge in [0.15, 0.2) is 0 Å². The lowest BCUT2D eigenvalue weighted by molar-refractivity contribution is 0.0784. The van der Waals surface area contributed by atoms with Gasteiger partial charge in [-0.1, -0.05) is 0 Å². The van der Waals surface area contributed by atoms with Crippen LogP contribution in [0.2, 0.25) is 0 Å². The Kier molecular flexibility index (Phi) is 3.71. The molecule has 3 N–H and O–H groups in total. The normalized spacial score (nSPS) is 10.4. The summed E-state index contributed by atoms with van der Waals surface area (Å²) in [4.78, 5) is 18.1. The molecule has 2 rings (SSSR count). The molecule has 0 bridgehead atoms. The Balaban J connectivity index is 2.16. The number of thiazole rings is 1. The van der Waals surface area contributed by atoms with Crippen molar-refractivity contribution in [1.82, 2.24) is 9.88 Å². The summed E-state index contributed by atoms with van der Waals surface area (Å²) >= 11 is 1.55. The number of rotatable bonds is 3. The minimum atomic E-state index is -0.237. The van der Waals surface area contributed by atoms with Crippen LogP contribution in [0.5, 0.6) is 5.75 Å². The van der Waals surface area contributed by atoms with Gasteiger partial charge in [-0.25, -0.2) is 4.98 Å². The second-order valence-corrected chi connectivity index (χ2v) is 5.35. The third-order valence-corrected chi connectivity index (χ3v) is 3.50. The molecule has 1 amide bonds. The molecular weight excluding hydrogens is 262 g/mol. The summed E-state index contributed by atoms with van der Waals surface area (Å²) < 4.78 is 0. The molecule has 0 aliphatic rings. The summed E-state index contributed by atoms with van der Waals surface area (Å²) in [6, 6.07) is 4.35. The molecule has 1 heterocycles. The van der Waals surface area contributed by atoms with Crippen molar-refractivity contribution in [3.8, 4) is 5.75 Å². The fourth-order valence-corrected chi connectivity index (χ4v) is 2.33. The van der Waals surface area contributed by atoms with Crippen molar-refractivity contribution in [3.63, 3.8) is 0 Å². The average Bonchev–Trinajstić information content (AvgIpc) is 2.77. The molecule has 0 spiro atoms. The van der Waals surface area contributed by atoms with Gasteiger partial charge in [0.25, 0.3) is 5.91 Å². The van der Waals surface area contributed by atoms with Crippen molar-refractivity contribution in [2.75, 3.05) is 12.8 Å². The van der Waals surface area contributed by atoms with E-state index in [2.05, 4.69) is 4.98 Å². The smallest absolute Gasteiger partial charge is 0.256 e. The van der Waals surface area contributed by atoms with E-state index >= 15 is 0 Å². The summed E-state index contributed by atoms with van der Waals surface area (Å²) in [6.45, 7) is 2.33. The second kappa shape index (κ2) is 5.27. The zero-order chi connectivity index (χ0) is 14.0. The Hall–Kier alpha value is -2.08. The van der Waals surface area contributed by atoms with Crippen molar-refractivity contribution in [1.29, 1.82) is 0 Å². The maximum atomic E-state index is 12.2. The zero-order valence-corrected chi connectivity index (χ0v) is 11.6. The first-order valence-corrected chi connectivity index (χ1v) is 6.60. The Morgan fingerprint density at radius 1 is 1.53 bits per heavy atom. The summed E-state index contributed by atoms with van der Waals surface area (Å²) in [6.07, 6.45) is 0. The van der Waals surface area contributed by atoms with E-state index in [1.807, 2.05) is 12.3 Å².